The molecule has 0 aliphatic carbocycles. The van der Waals surface area contributed by atoms with Crippen LogP contribution in [-0.4, -0.2) is 120 Å². The van der Waals surface area contributed by atoms with Gasteiger partial charge in [-0.15, -0.1) is 11.3 Å². The maximum atomic E-state index is 12.8. The van der Waals surface area contributed by atoms with Gasteiger partial charge in [-0.25, -0.2) is 9.97 Å². The number of morpholine rings is 1. The topological polar surface area (TPSA) is 111 Å². The predicted molar refractivity (Wildman–Crippen MR) is 174 cm³/mol. The fraction of sp³-hybridized carbons (Fsp3) is 0.469. The van der Waals surface area contributed by atoms with Crippen molar-refractivity contribution in [3.05, 3.63) is 47.5 Å². The molecule has 4 aromatic rings. The Hall–Kier alpha value is -3.71. The molecule has 12 heteroatoms. The molecule has 3 aromatic heterocycles. The molecule has 2 fully saturated rings. The molecule has 2 aliphatic heterocycles. The molecule has 2 saturated heterocycles. The van der Waals surface area contributed by atoms with E-state index in [0.717, 1.165) is 78.2 Å². The van der Waals surface area contributed by atoms with Crippen LogP contribution in [0.15, 0.2) is 42.6 Å². The van der Waals surface area contributed by atoms with Gasteiger partial charge in [0.15, 0.2) is 17.4 Å². The first kappa shape index (κ1) is 30.3. The molecule has 5 heterocycles. The normalized spacial score (nSPS) is 16.6. The number of carbonyl (C=O) groups is 2. The largest absolute Gasteiger partial charge is 0.378 e. The number of ether oxygens (including phenoxy) is 1. The molecule has 44 heavy (non-hydrogen) atoms. The highest BCUT2D eigenvalue weighted by Gasteiger charge is 2.24. The third-order valence-corrected chi connectivity index (χ3v) is 9.28. The Morgan fingerprint density at radius 2 is 1.89 bits per heavy atom. The van der Waals surface area contributed by atoms with Crippen LogP contribution in [0.2, 0.25) is 0 Å². The van der Waals surface area contributed by atoms with Gasteiger partial charge in [-0.1, -0.05) is 18.2 Å². The van der Waals surface area contributed by atoms with Gasteiger partial charge >= 0.3 is 0 Å². The highest BCUT2D eigenvalue weighted by Crippen LogP contribution is 2.36. The van der Waals surface area contributed by atoms with Gasteiger partial charge in [0.25, 0.3) is 0 Å². The second-order valence-corrected chi connectivity index (χ2v) is 12.8. The molecule has 0 unspecified atom stereocenters. The minimum atomic E-state index is 0.0182. The number of ketones is 1. The smallest absolute Gasteiger partial charge is 0.223 e. The minimum Gasteiger partial charge on any atom is -0.378 e. The van der Waals surface area contributed by atoms with E-state index < -0.39 is 0 Å². The summed E-state index contributed by atoms with van der Waals surface area (Å²) >= 11 is 1.75. The molecule has 0 radical (unpaired) electrons. The molecule has 232 valence electrons. The number of amides is 1. The molecular formula is C32H40N8O3S. The maximum absolute atomic E-state index is 12.8. The molecule has 11 nitrogen and oxygen atoms in total. The number of fused-ring (bicyclic) bond motifs is 2. The van der Waals surface area contributed by atoms with Crippen LogP contribution in [0.5, 0.6) is 0 Å². The number of rotatable bonds is 11. The Morgan fingerprint density at radius 1 is 1.07 bits per heavy atom. The molecular weight excluding hydrogens is 576 g/mol. The Kier molecular flexibility index (Phi) is 9.60. The lowest BCUT2D eigenvalue weighted by Gasteiger charge is -2.34. The van der Waals surface area contributed by atoms with Crippen molar-refractivity contribution >= 4 is 50.0 Å². The number of piperazine rings is 1. The number of carbonyl (C=O) groups excluding carboxylic acids is 2. The number of anilines is 1. The number of nitrogens with zero attached hydrogens (tertiary/aromatic N) is 7. The van der Waals surface area contributed by atoms with Crippen molar-refractivity contribution in [2.75, 3.05) is 78.0 Å². The standard InChI is InChI=1S/C32H40N8O3S/c1-37(2)11-4-3-6-23(41)9-10-29(42)39-14-12-38(13-15-39)22-24-20-28-30(44-24)32(40-16-18-43-19-17-40)35-31(34-28)25-7-5-8-27-26(25)21-33-36-27/h3,5-8,20-21H,4,9-19,22H2,1-2H3,(H,33,36)/b6-3+. The Balaban J connectivity index is 1.11. The van der Waals surface area contributed by atoms with E-state index in [1.807, 2.05) is 43.4 Å². The van der Waals surface area contributed by atoms with Crippen LogP contribution < -0.4 is 4.90 Å². The SMILES string of the molecule is CN(C)CC/C=C/C(=O)CCC(=O)N1CCN(Cc2cc3nc(-c4cccc5[nH]ncc45)nc(N4CCOCC4)c3s2)CC1. The minimum absolute atomic E-state index is 0.0182. The lowest BCUT2D eigenvalue weighted by molar-refractivity contribution is -0.134. The molecule has 0 atom stereocenters. The molecule has 2 aliphatic rings. The van der Waals surface area contributed by atoms with Crippen LogP contribution in [0.25, 0.3) is 32.5 Å². The van der Waals surface area contributed by atoms with Gasteiger partial charge in [-0.3, -0.25) is 19.6 Å². The zero-order valence-electron chi connectivity index (χ0n) is 25.5. The van der Waals surface area contributed by atoms with E-state index in [1.54, 1.807) is 17.4 Å². The van der Waals surface area contributed by atoms with Gasteiger partial charge in [-0.2, -0.15) is 5.10 Å². The summed E-state index contributed by atoms with van der Waals surface area (Å²) in [5.74, 6) is 1.74. The van der Waals surface area contributed by atoms with Crippen LogP contribution in [0.4, 0.5) is 5.82 Å². The first-order chi connectivity index (χ1) is 21.4. The fourth-order valence-corrected chi connectivity index (χ4v) is 6.87. The molecule has 1 amide bonds. The molecule has 0 spiro atoms. The van der Waals surface area contributed by atoms with Crippen molar-refractivity contribution < 1.29 is 14.3 Å². The van der Waals surface area contributed by atoms with E-state index in [-0.39, 0.29) is 24.5 Å². The predicted octanol–water partition coefficient (Wildman–Crippen LogP) is 3.57. The van der Waals surface area contributed by atoms with E-state index in [9.17, 15) is 9.59 Å². The van der Waals surface area contributed by atoms with Gasteiger partial charge < -0.3 is 19.4 Å². The molecule has 0 bridgehead atoms. The number of hydrogen-bond donors (Lipinski definition) is 1. The van der Waals surface area contributed by atoms with Crippen LogP contribution >= 0.6 is 11.3 Å². The van der Waals surface area contributed by atoms with Gasteiger partial charge in [-0.05, 0) is 38.7 Å². The van der Waals surface area contributed by atoms with Crippen LogP contribution in [-0.2, 0) is 20.9 Å². The average molecular weight is 617 g/mol. The summed E-state index contributed by atoms with van der Waals surface area (Å²) in [4.78, 5) is 45.0. The number of hydrogen-bond acceptors (Lipinski definition) is 10. The van der Waals surface area contributed by atoms with Crippen LogP contribution in [0.1, 0.15) is 24.1 Å². The number of H-pyrrole nitrogens is 1. The van der Waals surface area contributed by atoms with Gasteiger partial charge in [0, 0.05) is 81.0 Å². The van der Waals surface area contributed by atoms with Crippen LogP contribution in [0, 0.1) is 0 Å². The van der Waals surface area contributed by atoms with E-state index >= 15 is 0 Å². The number of allylic oxidation sites excluding steroid dienone is 1. The third kappa shape index (κ3) is 7.15. The number of aromatic amines is 1. The number of nitrogens with one attached hydrogen (secondary N) is 1. The summed E-state index contributed by atoms with van der Waals surface area (Å²) in [6.45, 7) is 7.61. The molecule has 0 saturated carbocycles. The number of benzene rings is 1. The van der Waals surface area contributed by atoms with Crippen molar-refractivity contribution in [1.82, 2.24) is 34.9 Å². The van der Waals surface area contributed by atoms with Crippen molar-refractivity contribution in [1.29, 1.82) is 0 Å². The average Bonchev–Trinajstić information content (AvgIpc) is 3.69. The monoisotopic (exact) mass is 616 g/mol. The van der Waals surface area contributed by atoms with Gasteiger partial charge in [0.05, 0.1) is 35.1 Å². The van der Waals surface area contributed by atoms with Crippen molar-refractivity contribution in [2.45, 2.75) is 25.8 Å². The Labute approximate surface area is 261 Å². The second kappa shape index (κ2) is 13.9. The number of thiophene rings is 1. The lowest BCUT2D eigenvalue weighted by Crippen LogP contribution is -2.48. The fourth-order valence-electron chi connectivity index (χ4n) is 5.71. The summed E-state index contributed by atoms with van der Waals surface area (Å²) in [7, 11) is 4.02. The zero-order valence-corrected chi connectivity index (χ0v) is 26.3. The summed E-state index contributed by atoms with van der Waals surface area (Å²) < 4.78 is 6.73. The molecule has 1 N–H and O–H groups in total. The summed E-state index contributed by atoms with van der Waals surface area (Å²) in [6.07, 6.45) is 6.72. The highest BCUT2D eigenvalue weighted by atomic mass is 32.1. The van der Waals surface area contributed by atoms with Crippen molar-refractivity contribution in [2.24, 2.45) is 0 Å². The Bertz CT molecular complexity index is 1630. The van der Waals surface area contributed by atoms with Gasteiger partial charge in [0.2, 0.25) is 5.91 Å². The van der Waals surface area contributed by atoms with Gasteiger partial charge in [0.1, 0.15) is 0 Å². The quantitative estimate of drug-likeness (QED) is 0.253. The zero-order chi connectivity index (χ0) is 30.5. The second-order valence-electron chi connectivity index (χ2n) is 11.7. The third-order valence-electron chi connectivity index (χ3n) is 8.18. The van der Waals surface area contributed by atoms with E-state index in [1.165, 1.54) is 4.88 Å². The number of aromatic nitrogens is 4. The Morgan fingerprint density at radius 3 is 2.68 bits per heavy atom. The lowest BCUT2D eigenvalue weighted by atomic mass is 10.1. The molecule has 6 rings (SSSR count). The van der Waals surface area contributed by atoms with E-state index in [4.69, 9.17) is 14.7 Å². The summed E-state index contributed by atoms with van der Waals surface area (Å²) in [5, 5.41) is 8.28. The van der Waals surface area contributed by atoms with Crippen molar-refractivity contribution in [3.63, 3.8) is 0 Å². The first-order valence-electron chi connectivity index (χ1n) is 15.3. The van der Waals surface area contributed by atoms with E-state index in [2.05, 4.69) is 37.0 Å². The van der Waals surface area contributed by atoms with Crippen LogP contribution in [0.3, 0.4) is 0 Å². The maximum Gasteiger partial charge on any atom is 0.223 e. The first-order valence-corrected chi connectivity index (χ1v) is 16.2. The highest BCUT2D eigenvalue weighted by molar-refractivity contribution is 7.19. The van der Waals surface area contributed by atoms with E-state index in [0.29, 0.717) is 32.1 Å². The van der Waals surface area contributed by atoms with Crippen molar-refractivity contribution in [3.8, 4) is 11.4 Å². The summed E-state index contributed by atoms with van der Waals surface area (Å²) in [5.41, 5.74) is 2.87. The summed E-state index contributed by atoms with van der Waals surface area (Å²) in [6, 6.07) is 8.26. The molecule has 1 aromatic carbocycles.